The normalized spacial score (nSPS) is 18.2. The number of carbonyl (C=O) groups is 1. The summed E-state index contributed by atoms with van der Waals surface area (Å²) in [7, 11) is 3.34. The molecule has 2 heterocycles. The van der Waals surface area contributed by atoms with E-state index in [1.807, 2.05) is 25.1 Å². The number of allylic oxidation sites excluding steroid dienone is 1. The Labute approximate surface area is 179 Å². The molecule has 156 valence electrons. The standard InChI is InChI=1S/C22H22FN3O3S/c1-13-19(21(27)25(2)3)20(15-6-4-5-7-16(15)23)24-22(30)26(13)14-8-9-17-18(12-14)29-11-10-28-17/h4-9,12,20H,10-11H2,1-3H3,(H,24,30)/t20-/m0/s1. The second kappa shape index (κ2) is 7.95. The van der Waals surface area contributed by atoms with E-state index in [2.05, 4.69) is 5.32 Å². The van der Waals surface area contributed by atoms with Gasteiger partial charge in [0.2, 0.25) is 0 Å². The van der Waals surface area contributed by atoms with Crippen LogP contribution in [-0.2, 0) is 4.79 Å². The van der Waals surface area contributed by atoms with Crippen LogP contribution >= 0.6 is 12.2 Å². The Kier molecular flexibility index (Phi) is 5.34. The van der Waals surface area contributed by atoms with E-state index >= 15 is 0 Å². The topological polar surface area (TPSA) is 54.0 Å². The monoisotopic (exact) mass is 427 g/mol. The lowest BCUT2D eigenvalue weighted by molar-refractivity contribution is -0.125. The van der Waals surface area contributed by atoms with Crippen molar-refractivity contribution in [1.82, 2.24) is 10.2 Å². The number of hydrogen-bond acceptors (Lipinski definition) is 4. The maximum Gasteiger partial charge on any atom is 0.253 e. The molecule has 0 unspecified atom stereocenters. The van der Waals surface area contributed by atoms with Gasteiger partial charge in [0.25, 0.3) is 5.91 Å². The lowest BCUT2D eigenvalue weighted by atomic mass is 9.93. The smallest absolute Gasteiger partial charge is 0.253 e. The molecule has 1 amide bonds. The number of anilines is 1. The molecule has 0 bridgehead atoms. The zero-order valence-electron chi connectivity index (χ0n) is 16.9. The molecule has 0 spiro atoms. The summed E-state index contributed by atoms with van der Waals surface area (Å²) in [5.74, 6) is 0.656. The third-order valence-electron chi connectivity index (χ3n) is 5.12. The van der Waals surface area contributed by atoms with Crippen molar-refractivity contribution in [3.8, 4) is 11.5 Å². The average molecular weight is 428 g/mol. The number of ether oxygens (including phenoxy) is 2. The van der Waals surface area contributed by atoms with Crippen molar-refractivity contribution in [2.24, 2.45) is 0 Å². The summed E-state index contributed by atoms with van der Waals surface area (Å²) in [6, 6.07) is 11.2. The molecule has 0 saturated heterocycles. The lowest BCUT2D eigenvalue weighted by Gasteiger charge is -2.38. The highest BCUT2D eigenvalue weighted by Gasteiger charge is 2.36. The van der Waals surface area contributed by atoms with Gasteiger partial charge in [-0.3, -0.25) is 9.69 Å². The predicted octanol–water partition coefficient (Wildman–Crippen LogP) is 3.39. The van der Waals surface area contributed by atoms with Crippen molar-refractivity contribution in [3.05, 3.63) is 65.1 Å². The molecule has 8 heteroatoms. The molecule has 30 heavy (non-hydrogen) atoms. The van der Waals surface area contributed by atoms with Gasteiger partial charge in [-0.25, -0.2) is 4.39 Å². The van der Waals surface area contributed by atoms with Gasteiger partial charge in [-0.1, -0.05) is 18.2 Å². The molecule has 2 aromatic rings. The summed E-state index contributed by atoms with van der Waals surface area (Å²) < 4.78 is 25.9. The minimum atomic E-state index is -0.693. The van der Waals surface area contributed by atoms with E-state index in [9.17, 15) is 9.18 Å². The highest BCUT2D eigenvalue weighted by molar-refractivity contribution is 7.80. The Bertz CT molecular complexity index is 1050. The quantitative estimate of drug-likeness (QED) is 0.758. The van der Waals surface area contributed by atoms with Gasteiger partial charge in [0.1, 0.15) is 19.0 Å². The number of rotatable bonds is 3. The Morgan fingerprint density at radius 2 is 1.87 bits per heavy atom. The third kappa shape index (κ3) is 3.47. The Balaban J connectivity index is 1.84. The maximum atomic E-state index is 14.6. The minimum Gasteiger partial charge on any atom is -0.486 e. The number of nitrogens with one attached hydrogen (secondary N) is 1. The second-order valence-electron chi connectivity index (χ2n) is 7.27. The molecule has 1 N–H and O–H groups in total. The van der Waals surface area contributed by atoms with Gasteiger partial charge in [0, 0.05) is 31.4 Å². The molecule has 2 aliphatic heterocycles. The van der Waals surface area contributed by atoms with Gasteiger partial charge < -0.3 is 19.7 Å². The summed E-state index contributed by atoms with van der Waals surface area (Å²) in [5, 5.41) is 3.53. The van der Waals surface area contributed by atoms with Crippen LogP contribution in [0.2, 0.25) is 0 Å². The van der Waals surface area contributed by atoms with Crippen LogP contribution in [0.4, 0.5) is 10.1 Å². The maximum absolute atomic E-state index is 14.6. The van der Waals surface area contributed by atoms with Gasteiger partial charge in [-0.2, -0.15) is 0 Å². The van der Waals surface area contributed by atoms with E-state index in [0.717, 1.165) is 5.69 Å². The van der Waals surface area contributed by atoms with Gasteiger partial charge >= 0.3 is 0 Å². The van der Waals surface area contributed by atoms with Crippen molar-refractivity contribution < 1.29 is 18.7 Å². The van der Waals surface area contributed by atoms with Crippen LogP contribution in [0.1, 0.15) is 18.5 Å². The Morgan fingerprint density at radius 1 is 1.17 bits per heavy atom. The largest absolute Gasteiger partial charge is 0.486 e. The van der Waals surface area contributed by atoms with E-state index in [-0.39, 0.29) is 5.91 Å². The van der Waals surface area contributed by atoms with Gasteiger partial charge in [-0.05, 0) is 37.3 Å². The van der Waals surface area contributed by atoms with Crippen LogP contribution in [0, 0.1) is 5.82 Å². The van der Waals surface area contributed by atoms with E-state index in [1.165, 1.54) is 11.0 Å². The van der Waals surface area contributed by atoms with E-state index in [1.54, 1.807) is 37.2 Å². The van der Waals surface area contributed by atoms with Crippen molar-refractivity contribution >= 4 is 28.9 Å². The van der Waals surface area contributed by atoms with Crippen LogP contribution in [0.25, 0.3) is 0 Å². The number of benzene rings is 2. The molecule has 4 rings (SSSR count). The molecule has 0 saturated carbocycles. The number of likely N-dealkylation sites (N-methyl/N-ethyl adjacent to an activating group) is 1. The molecule has 2 aliphatic rings. The fourth-order valence-electron chi connectivity index (χ4n) is 3.69. The first kappa shape index (κ1) is 20.2. The number of halogens is 1. The number of nitrogens with zero attached hydrogens (tertiary/aromatic N) is 2. The zero-order valence-corrected chi connectivity index (χ0v) is 17.8. The van der Waals surface area contributed by atoms with E-state index in [4.69, 9.17) is 21.7 Å². The highest BCUT2D eigenvalue weighted by Crippen LogP contribution is 2.39. The second-order valence-corrected chi connectivity index (χ2v) is 7.65. The van der Waals surface area contributed by atoms with Crippen LogP contribution in [0.3, 0.4) is 0 Å². The molecule has 0 radical (unpaired) electrons. The van der Waals surface area contributed by atoms with Crippen LogP contribution in [0.15, 0.2) is 53.7 Å². The first-order chi connectivity index (χ1) is 14.4. The van der Waals surface area contributed by atoms with E-state index < -0.39 is 11.9 Å². The summed E-state index contributed by atoms with van der Waals surface area (Å²) in [5.41, 5.74) is 2.15. The summed E-state index contributed by atoms with van der Waals surface area (Å²) in [6.45, 7) is 2.78. The number of hydrogen-bond donors (Lipinski definition) is 1. The van der Waals surface area contributed by atoms with E-state index in [0.29, 0.717) is 46.7 Å². The van der Waals surface area contributed by atoms with Crippen LogP contribution in [-0.4, -0.2) is 43.2 Å². The average Bonchev–Trinajstić information content (AvgIpc) is 2.73. The minimum absolute atomic E-state index is 0.224. The first-order valence-corrected chi connectivity index (χ1v) is 9.96. The van der Waals surface area contributed by atoms with Crippen LogP contribution in [0.5, 0.6) is 11.5 Å². The van der Waals surface area contributed by atoms with Crippen molar-refractivity contribution in [2.45, 2.75) is 13.0 Å². The number of thiocarbonyl (C=S) groups is 1. The fraction of sp³-hybridized carbons (Fsp3) is 0.273. The molecule has 0 aromatic heterocycles. The number of fused-ring (bicyclic) bond motifs is 1. The molecule has 6 nitrogen and oxygen atoms in total. The van der Waals surface area contributed by atoms with Gasteiger partial charge in [0.05, 0.1) is 17.3 Å². The zero-order chi connectivity index (χ0) is 21.4. The molecule has 0 aliphatic carbocycles. The van der Waals surface area contributed by atoms with Crippen molar-refractivity contribution in [2.75, 3.05) is 32.2 Å². The van der Waals surface area contributed by atoms with Crippen LogP contribution < -0.4 is 19.7 Å². The first-order valence-electron chi connectivity index (χ1n) is 9.55. The fourth-order valence-corrected chi connectivity index (χ4v) is 4.05. The summed E-state index contributed by atoms with van der Waals surface area (Å²) in [4.78, 5) is 16.4. The predicted molar refractivity (Wildman–Crippen MR) is 116 cm³/mol. The molecule has 1 atom stereocenters. The van der Waals surface area contributed by atoms with Crippen molar-refractivity contribution in [3.63, 3.8) is 0 Å². The Hall–Kier alpha value is -3.13. The molecular weight excluding hydrogens is 405 g/mol. The van der Waals surface area contributed by atoms with Gasteiger partial charge in [-0.15, -0.1) is 0 Å². The third-order valence-corrected chi connectivity index (χ3v) is 5.42. The summed E-state index contributed by atoms with van der Waals surface area (Å²) in [6.07, 6.45) is 0. The highest BCUT2D eigenvalue weighted by atomic mass is 32.1. The number of carbonyl (C=O) groups excluding carboxylic acids is 1. The Morgan fingerprint density at radius 3 is 2.57 bits per heavy atom. The molecular formula is C22H22FN3O3S. The van der Waals surface area contributed by atoms with Gasteiger partial charge in [0.15, 0.2) is 16.6 Å². The molecule has 2 aromatic carbocycles. The van der Waals surface area contributed by atoms with Crippen molar-refractivity contribution in [1.29, 1.82) is 0 Å². The summed E-state index contributed by atoms with van der Waals surface area (Å²) >= 11 is 5.63. The SMILES string of the molecule is CC1=C(C(=O)N(C)C)[C@H](c2ccccc2F)NC(=S)N1c1ccc2c(c1)OCCO2. The molecule has 0 fully saturated rings. The lowest BCUT2D eigenvalue weighted by Crippen LogP contribution is -2.49. The number of amides is 1.